The minimum atomic E-state index is -1.36. The summed E-state index contributed by atoms with van der Waals surface area (Å²) in [5.41, 5.74) is 30.7. The first-order chi connectivity index (χ1) is 21.0. The first-order valence-electron chi connectivity index (χ1n) is 16.7. The summed E-state index contributed by atoms with van der Waals surface area (Å²) >= 11 is 0. The number of hydrogen-bond acceptors (Lipinski definition) is 14. The molecule has 0 amide bonds. The predicted molar refractivity (Wildman–Crippen MR) is 164 cm³/mol. The molecule has 2 heterocycles. The standard InChI is InChI=1S/C30H61N5O9/c1-3-4-5-6-7-8-9-10-11-12-13-40-26-16(2)41-30(24(38)20(26)34)44-28-18(33)14-17(32)27(25(28)39)43-29-21(35)23(37)22(36)19(15-31)42-29/h16-30,36-39H,3-15,31-35H2,1-2H3/t16-,17+,18-,19-,20-,21-,22-,23-,24-,25+,26-,27-,28+,29-,30-/m1/s1. The van der Waals surface area contributed by atoms with Crippen molar-refractivity contribution in [2.75, 3.05) is 13.2 Å². The van der Waals surface area contributed by atoms with Gasteiger partial charge in [0.15, 0.2) is 12.6 Å². The van der Waals surface area contributed by atoms with Gasteiger partial charge in [0.25, 0.3) is 0 Å². The van der Waals surface area contributed by atoms with Crippen molar-refractivity contribution in [1.29, 1.82) is 0 Å². The molecule has 1 saturated carbocycles. The van der Waals surface area contributed by atoms with Crippen LogP contribution in [0, 0.1) is 0 Å². The van der Waals surface area contributed by atoms with Gasteiger partial charge in [-0.1, -0.05) is 64.7 Å². The molecular formula is C30H61N5O9. The van der Waals surface area contributed by atoms with E-state index in [1.807, 2.05) is 0 Å². The number of hydrogen-bond donors (Lipinski definition) is 9. The number of aliphatic hydroxyl groups is 4. The smallest absolute Gasteiger partial charge is 0.186 e. The lowest BCUT2D eigenvalue weighted by atomic mass is 9.84. The maximum Gasteiger partial charge on any atom is 0.186 e. The minimum absolute atomic E-state index is 0.0833. The molecule has 0 aromatic rings. The lowest BCUT2D eigenvalue weighted by molar-refractivity contribution is -0.317. The Morgan fingerprint density at radius 2 is 1.18 bits per heavy atom. The van der Waals surface area contributed by atoms with Gasteiger partial charge in [0.2, 0.25) is 0 Å². The Bertz CT molecular complexity index is 804. The average molecular weight is 636 g/mol. The van der Waals surface area contributed by atoms with Crippen LogP contribution in [-0.2, 0) is 23.7 Å². The van der Waals surface area contributed by atoms with Crippen molar-refractivity contribution in [3.8, 4) is 0 Å². The van der Waals surface area contributed by atoms with Crippen LogP contribution in [0.3, 0.4) is 0 Å². The molecule has 44 heavy (non-hydrogen) atoms. The second-order valence-electron chi connectivity index (χ2n) is 12.9. The van der Waals surface area contributed by atoms with Crippen LogP contribution in [0.5, 0.6) is 0 Å². The highest BCUT2D eigenvalue weighted by Crippen LogP contribution is 2.31. The molecule has 15 atom stereocenters. The van der Waals surface area contributed by atoms with Crippen LogP contribution in [0.1, 0.15) is 84.5 Å². The molecule has 3 aliphatic rings. The third-order valence-corrected chi connectivity index (χ3v) is 9.30. The first-order valence-corrected chi connectivity index (χ1v) is 16.7. The zero-order chi connectivity index (χ0) is 32.4. The molecule has 3 fully saturated rings. The van der Waals surface area contributed by atoms with Crippen LogP contribution < -0.4 is 28.7 Å². The molecule has 14 nitrogen and oxygen atoms in total. The topological polar surface area (TPSA) is 257 Å². The van der Waals surface area contributed by atoms with Crippen LogP contribution in [-0.4, -0.2) is 125 Å². The summed E-state index contributed by atoms with van der Waals surface area (Å²) in [6, 6.07) is -3.34. The summed E-state index contributed by atoms with van der Waals surface area (Å²) in [7, 11) is 0. The maximum atomic E-state index is 11.3. The van der Waals surface area contributed by atoms with E-state index in [-0.39, 0.29) is 13.0 Å². The largest absolute Gasteiger partial charge is 0.388 e. The fraction of sp³-hybridized carbons (Fsp3) is 1.00. The van der Waals surface area contributed by atoms with E-state index in [0.29, 0.717) is 6.61 Å². The highest BCUT2D eigenvalue weighted by molar-refractivity contribution is 5.01. The highest BCUT2D eigenvalue weighted by Gasteiger charge is 2.51. The first kappa shape index (κ1) is 37.9. The molecule has 0 aromatic heterocycles. The SMILES string of the molecule is CCCCCCCCCCCCO[C@H]1[C@H](N)[C@@H](O)[C@@H](O[C@@H]2[C@@H](O)[C@H](O[C@H]3O[C@H](CN)[C@@H](O)[C@H](O)[C@H]3N)[C@@H](N)C[C@H]2N)O[C@@H]1C. The van der Waals surface area contributed by atoms with Crippen molar-refractivity contribution in [2.45, 2.75) is 176 Å². The zero-order valence-electron chi connectivity index (χ0n) is 26.6. The Morgan fingerprint density at radius 3 is 1.75 bits per heavy atom. The molecular weight excluding hydrogens is 574 g/mol. The molecule has 14 heteroatoms. The van der Waals surface area contributed by atoms with Crippen molar-refractivity contribution in [2.24, 2.45) is 28.7 Å². The number of unbranched alkanes of at least 4 members (excludes halogenated alkanes) is 9. The van der Waals surface area contributed by atoms with E-state index in [4.69, 9.17) is 52.4 Å². The lowest BCUT2D eigenvalue weighted by Crippen LogP contribution is -2.69. The van der Waals surface area contributed by atoms with Crippen molar-refractivity contribution in [3.05, 3.63) is 0 Å². The van der Waals surface area contributed by atoms with Crippen LogP contribution in [0.15, 0.2) is 0 Å². The molecule has 0 bridgehead atoms. The molecule has 3 rings (SSSR count). The molecule has 0 unspecified atom stereocenters. The third-order valence-electron chi connectivity index (χ3n) is 9.30. The number of aliphatic hydroxyl groups excluding tert-OH is 4. The van der Waals surface area contributed by atoms with Crippen molar-refractivity contribution < 1.29 is 44.1 Å². The molecule has 260 valence electrons. The molecule has 0 spiro atoms. The Morgan fingerprint density at radius 1 is 0.636 bits per heavy atom. The second-order valence-corrected chi connectivity index (χ2v) is 12.9. The molecule has 0 radical (unpaired) electrons. The average Bonchev–Trinajstić information content (AvgIpc) is 2.99. The Balaban J connectivity index is 1.47. The van der Waals surface area contributed by atoms with Gasteiger partial charge in [0.1, 0.15) is 48.8 Å². The van der Waals surface area contributed by atoms with Crippen molar-refractivity contribution >= 4 is 0 Å². The third kappa shape index (κ3) is 9.97. The van der Waals surface area contributed by atoms with Gasteiger partial charge in [-0.2, -0.15) is 0 Å². The summed E-state index contributed by atoms with van der Waals surface area (Å²) in [5, 5.41) is 42.7. The number of ether oxygens (including phenoxy) is 5. The van der Waals surface area contributed by atoms with Gasteiger partial charge in [-0.3, -0.25) is 0 Å². The van der Waals surface area contributed by atoms with Gasteiger partial charge >= 0.3 is 0 Å². The van der Waals surface area contributed by atoms with Gasteiger partial charge in [-0.25, -0.2) is 0 Å². The van der Waals surface area contributed by atoms with E-state index >= 15 is 0 Å². The fourth-order valence-corrected chi connectivity index (χ4v) is 6.44. The van der Waals surface area contributed by atoms with E-state index < -0.39 is 91.7 Å². The summed E-state index contributed by atoms with van der Waals surface area (Å²) in [6.07, 6.45) is 0.766. The number of nitrogens with two attached hydrogens (primary N) is 5. The summed E-state index contributed by atoms with van der Waals surface area (Å²) in [6.45, 7) is 4.47. The van der Waals surface area contributed by atoms with Crippen LogP contribution in [0.25, 0.3) is 0 Å². The van der Waals surface area contributed by atoms with Crippen LogP contribution in [0.4, 0.5) is 0 Å². The monoisotopic (exact) mass is 635 g/mol. The number of rotatable bonds is 17. The molecule has 14 N–H and O–H groups in total. The Kier molecular flexibility index (Phi) is 16.1. The van der Waals surface area contributed by atoms with E-state index in [1.165, 1.54) is 51.4 Å². The van der Waals surface area contributed by atoms with Crippen molar-refractivity contribution in [1.82, 2.24) is 0 Å². The van der Waals surface area contributed by atoms with E-state index in [2.05, 4.69) is 6.92 Å². The van der Waals surface area contributed by atoms with Crippen molar-refractivity contribution in [3.63, 3.8) is 0 Å². The van der Waals surface area contributed by atoms with E-state index in [0.717, 1.165) is 12.8 Å². The predicted octanol–water partition coefficient (Wildman–Crippen LogP) is -1.35. The van der Waals surface area contributed by atoms with E-state index in [1.54, 1.807) is 6.92 Å². The van der Waals surface area contributed by atoms with E-state index in [9.17, 15) is 20.4 Å². The maximum absolute atomic E-state index is 11.3. The molecule has 1 aliphatic carbocycles. The minimum Gasteiger partial charge on any atom is -0.388 e. The van der Waals surface area contributed by atoms with Crippen LogP contribution in [0.2, 0.25) is 0 Å². The zero-order valence-corrected chi connectivity index (χ0v) is 26.6. The van der Waals surface area contributed by atoms with Gasteiger partial charge in [-0.15, -0.1) is 0 Å². The summed E-state index contributed by atoms with van der Waals surface area (Å²) in [4.78, 5) is 0. The summed E-state index contributed by atoms with van der Waals surface area (Å²) < 4.78 is 29.7. The van der Waals surface area contributed by atoms with Gasteiger partial charge in [0.05, 0.1) is 18.2 Å². The molecule has 0 aromatic carbocycles. The summed E-state index contributed by atoms with van der Waals surface area (Å²) in [5.74, 6) is 0. The lowest BCUT2D eigenvalue weighted by Gasteiger charge is -2.48. The molecule has 2 saturated heterocycles. The van der Waals surface area contributed by atoms with Gasteiger partial charge < -0.3 is 72.8 Å². The second kappa shape index (κ2) is 18.7. The quantitative estimate of drug-likeness (QED) is 0.0838. The highest BCUT2D eigenvalue weighted by atomic mass is 16.7. The van der Waals surface area contributed by atoms with Gasteiger partial charge in [0, 0.05) is 25.2 Å². The Labute approximate surface area is 262 Å². The fourth-order valence-electron chi connectivity index (χ4n) is 6.44. The van der Waals surface area contributed by atoms with Crippen LogP contribution >= 0.6 is 0 Å². The van der Waals surface area contributed by atoms with Gasteiger partial charge in [-0.05, 0) is 19.8 Å². The normalized spacial score (nSPS) is 43.3. The molecule has 2 aliphatic heterocycles. The Hall–Kier alpha value is -0.560.